The smallest absolute Gasteiger partial charge is 0.242 e. The normalized spacial score (nSPS) is 11.4. The Bertz CT molecular complexity index is 468. The van der Waals surface area contributed by atoms with Gasteiger partial charge in [-0.1, -0.05) is 22.9 Å². The largest absolute Gasteiger partial charge is 0.374 e. The van der Waals surface area contributed by atoms with Crippen LogP contribution in [0.1, 0.15) is 25.8 Å². The number of carbonyl (C=O) groups excluding carboxylic acids is 1. The van der Waals surface area contributed by atoms with Gasteiger partial charge >= 0.3 is 0 Å². The second kappa shape index (κ2) is 7.02. The zero-order chi connectivity index (χ0) is 13.5. The third kappa shape index (κ3) is 4.38. The zero-order valence-corrected chi connectivity index (χ0v) is 12.0. The van der Waals surface area contributed by atoms with Gasteiger partial charge in [-0.15, -0.1) is 0 Å². The van der Waals surface area contributed by atoms with Crippen LogP contribution in [0, 0.1) is 11.3 Å². The molecule has 1 atom stereocenters. The van der Waals surface area contributed by atoms with Crippen molar-refractivity contribution in [1.29, 1.82) is 5.26 Å². The molecule has 2 N–H and O–H groups in total. The van der Waals surface area contributed by atoms with Crippen LogP contribution in [0.3, 0.4) is 0 Å². The summed E-state index contributed by atoms with van der Waals surface area (Å²) in [5.41, 5.74) is 1.30. The van der Waals surface area contributed by atoms with Gasteiger partial charge in [0.2, 0.25) is 5.91 Å². The van der Waals surface area contributed by atoms with Crippen molar-refractivity contribution in [2.24, 2.45) is 0 Å². The van der Waals surface area contributed by atoms with E-state index in [0.29, 0.717) is 12.1 Å². The Morgan fingerprint density at radius 3 is 2.83 bits per heavy atom. The Balaban J connectivity index is 2.70. The highest BCUT2D eigenvalue weighted by atomic mass is 79.9. The molecule has 0 aliphatic heterocycles. The van der Waals surface area contributed by atoms with E-state index in [1.807, 2.05) is 13.0 Å². The van der Waals surface area contributed by atoms with Gasteiger partial charge in [-0.05, 0) is 31.5 Å². The molecule has 0 aliphatic rings. The van der Waals surface area contributed by atoms with Crippen LogP contribution in [0.15, 0.2) is 22.7 Å². The fourth-order valence-corrected chi connectivity index (χ4v) is 1.95. The maximum absolute atomic E-state index is 11.7. The lowest BCUT2D eigenvalue weighted by Gasteiger charge is -2.15. The van der Waals surface area contributed by atoms with E-state index in [1.165, 1.54) is 0 Å². The van der Waals surface area contributed by atoms with Crippen LogP contribution in [-0.4, -0.2) is 18.5 Å². The van der Waals surface area contributed by atoms with Crippen LogP contribution >= 0.6 is 15.9 Å². The molecule has 0 fully saturated rings. The van der Waals surface area contributed by atoms with Gasteiger partial charge in [0, 0.05) is 16.7 Å². The van der Waals surface area contributed by atoms with E-state index in [4.69, 9.17) is 5.26 Å². The van der Waals surface area contributed by atoms with Gasteiger partial charge in [-0.2, -0.15) is 5.26 Å². The molecule has 0 aliphatic carbocycles. The number of rotatable bonds is 5. The lowest BCUT2D eigenvalue weighted by molar-refractivity contribution is -0.121. The summed E-state index contributed by atoms with van der Waals surface area (Å²) in [4.78, 5) is 11.7. The van der Waals surface area contributed by atoms with Crippen molar-refractivity contribution in [2.75, 3.05) is 11.9 Å². The quantitative estimate of drug-likeness (QED) is 0.879. The number of nitrogens with zero attached hydrogens (tertiary/aromatic N) is 1. The van der Waals surface area contributed by atoms with E-state index in [2.05, 4.69) is 32.6 Å². The molecule has 1 rings (SSSR count). The standard InChI is InChI=1S/C13H16BrN3O/c1-3-4-16-13(18)9(2)17-12-6-10(8-15)5-11(14)7-12/h5-7,9,17H,3-4H2,1-2H3,(H,16,18). The van der Waals surface area contributed by atoms with E-state index >= 15 is 0 Å². The Morgan fingerprint density at radius 1 is 1.50 bits per heavy atom. The van der Waals surface area contributed by atoms with Crippen LogP contribution in [0.2, 0.25) is 0 Å². The second-order valence-corrected chi connectivity index (χ2v) is 4.91. The molecule has 0 bridgehead atoms. The van der Waals surface area contributed by atoms with Gasteiger partial charge in [0.1, 0.15) is 6.04 Å². The molecule has 4 nitrogen and oxygen atoms in total. The Hall–Kier alpha value is -1.54. The van der Waals surface area contributed by atoms with Crippen molar-refractivity contribution in [3.05, 3.63) is 28.2 Å². The first-order chi connectivity index (χ1) is 8.56. The predicted octanol–water partition coefficient (Wildman–Crippen LogP) is 2.65. The van der Waals surface area contributed by atoms with Crippen LogP contribution in [0.4, 0.5) is 5.69 Å². The van der Waals surface area contributed by atoms with Crippen LogP contribution < -0.4 is 10.6 Å². The fraction of sp³-hybridized carbons (Fsp3) is 0.385. The number of hydrogen-bond donors (Lipinski definition) is 2. The average Bonchev–Trinajstić information content (AvgIpc) is 2.34. The summed E-state index contributed by atoms with van der Waals surface area (Å²) in [6.07, 6.45) is 0.911. The van der Waals surface area contributed by atoms with Crippen molar-refractivity contribution < 1.29 is 4.79 Å². The monoisotopic (exact) mass is 309 g/mol. The topological polar surface area (TPSA) is 64.9 Å². The van der Waals surface area contributed by atoms with Crippen LogP contribution in [-0.2, 0) is 4.79 Å². The summed E-state index contributed by atoms with van der Waals surface area (Å²) in [7, 11) is 0. The lowest BCUT2D eigenvalue weighted by atomic mass is 10.2. The molecule has 1 amide bonds. The number of amides is 1. The average molecular weight is 310 g/mol. The lowest BCUT2D eigenvalue weighted by Crippen LogP contribution is -2.37. The van der Waals surface area contributed by atoms with E-state index in [1.54, 1.807) is 19.1 Å². The highest BCUT2D eigenvalue weighted by Gasteiger charge is 2.12. The molecule has 5 heteroatoms. The van der Waals surface area contributed by atoms with Crippen molar-refractivity contribution >= 4 is 27.5 Å². The second-order valence-electron chi connectivity index (χ2n) is 4.00. The third-order valence-electron chi connectivity index (χ3n) is 2.35. The fourth-order valence-electron chi connectivity index (χ4n) is 1.45. The van der Waals surface area contributed by atoms with Gasteiger partial charge in [-0.25, -0.2) is 0 Å². The predicted molar refractivity (Wildman–Crippen MR) is 75.2 cm³/mol. The molecule has 96 valence electrons. The van der Waals surface area contributed by atoms with Gasteiger partial charge in [-0.3, -0.25) is 4.79 Å². The molecule has 0 radical (unpaired) electrons. The Morgan fingerprint density at radius 2 is 2.22 bits per heavy atom. The number of nitriles is 1. The van der Waals surface area contributed by atoms with E-state index in [0.717, 1.165) is 16.6 Å². The molecule has 0 saturated heterocycles. The first kappa shape index (κ1) is 14.5. The van der Waals surface area contributed by atoms with E-state index in [9.17, 15) is 4.79 Å². The molecular formula is C13H16BrN3O. The molecule has 0 aromatic heterocycles. The van der Waals surface area contributed by atoms with E-state index in [-0.39, 0.29) is 11.9 Å². The number of hydrogen-bond acceptors (Lipinski definition) is 3. The Labute approximate surface area is 116 Å². The minimum atomic E-state index is -0.336. The highest BCUT2D eigenvalue weighted by molar-refractivity contribution is 9.10. The molecule has 1 aromatic carbocycles. The minimum absolute atomic E-state index is 0.0460. The molecule has 1 unspecified atom stereocenters. The van der Waals surface area contributed by atoms with Crippen molar-refractivity contribution in [3.63, 3.8) is 0 Å². The third-order valence-corrected chi connectivity index (χ3v) is 2.81. The summed E-state index contributed by atoms with van der Waals surface area (Å²) in [5, 5.41) is 14.8. The molecular weight excluding hydrogens is 294 g/mol. The molecule has 1 aromatic rings. The van der Waals surface area contributed by atoms with Crippen LogP contribution in [0.25, 0.3) is 0 Å². The minimum Gasteiger partial charge on any atom is -0.374 e. The highest BCUT2D eigenvalue weighted by Crippen LogP contribution is 2.19. The summed E-state index contributed by atoms with van der Waals surface area (Å²) in [6, 6.07) is 7.02. The van der Waals surface area contributed by atoms with Gasteiger partial charge in [0.25, 0.3) is 0 Å². The first-order valence-corrected chi connectivity index (χ1v) is 6.61. The summed E-state index contributed by atoms with van der Waals surface area (Å²) < 4.78 is 0.810. The summed E-state index contributed by atoms with van der Waals surface area (Å²) in [6.45, 7) is 4.47. The van der Waals surface area contributed by atoms with Gasteiger partial charge in [0.15, 0.2) is 0 Å². The number of anilines is 1. The SMILES string of the molecule is CCCNC(=O)C(C)Nc1cc(Br)cc(C#N)c1. The van der Waals surface area contributed by atoms with Gasteiger partial charge < -0.3 is 10.6 Å². The van der Waals surface area contributed by atoms with Gasteiger partial charge in [0.05, 0.1) is 11.6 Å². The van der Waals surface area contributed by atoms with Crippen molar-refractivity contribution in [3.8, 4) is 6.07 Å². The number of nitrogens with one attached hydrogen (secondary N) is 2. The van der Waals surface area contributed by atoms with Crippen molar-refractivity contribution in [1.82, 2.24) is 5.32 Å². The molecule has 18 heavy (non-hydrogen) atoms. The molecule has 0 saturated carbocycles. The van der Waals surface area contributed by atoms with Crippen LogP contribution in [0.5, 0.6) is 0 Å². The molecule has 0 heterocycles. The first-order valence-electron chi connectivity index (χ1n) is 5.81. The Kier molecular flexibility index (Phi) is 5.66. The number of halogens is 1. The summed E-state index contributed by atoms with van der Waals surface area (Å²) >= 11 is 3.33. The zero-order valence-electron chi connectivity index (χ0n) is 10.5. The van der Waals surface area contributed by atoms with Crippen molar-refractivity contribution in [2.45, 2.75) is 26.3 Å². The maximum atomic E-state index is 11.7. The maximum Gasteiger partial charge on any atom is 0.242 e. The summed E-state index contributed by atoms with van der Waals surface area (Å²) in [5.74, 6) is -0.0460. The number of carbonyl (C=O) groups is 1. The van der Waals surface area contributed by atoms with E-state index < -0.39 is 0 Å². The number of benzene rings is 1. The molecule has 0 spiro atoms.